The van der Waals surface area contributed by atoms with Crippen LogP contribution in [0, 0.1) is 0 Å². The highest BCUT2D eigenvalue weighted by Crippen LogP contribution is 2.23. The fourth-order valence-corrected chi connectivity index (χ4v) is 1.98. The molecule has 3 aromatic rings. The van der Waals surface area contributed by atoms with Crippen LogP contribution in [0.1, 0.15) is 5.56 Å². The average Bonchev–Trinajstić information content (AvgIpc) is 2.83. The quantitative estimate of drug-likeness (QED) is 0.561. The molecule has 0 amide bonds. The van der Waals surface area contributed by atoms with Gasteiger partial charge in [-0.25, -0.2) is 0 Å². The van der Waals surface area contributed by atoms with Crippen molar-refractivity contribution in [2.45, 2.75) is 0 Å². The van der Waals surface area contributed by atoms with Crippen LogP contribution >= 0.6 is 11.6 Å². The summed E-state index contributed by atoms with van der Waals surface area (Å²) in [5.41, 5.74) is 5.58. The van der Waals surface area contributed by atoms with E-state index in [4.69, 9.17) is 16.0 Å². The lowest BCUT2D eigenvalue weighted by molar-refractivity contribution is 0.615. The molecule has 4 heteroatoms. The van der Waals surface area contributed by atoms with Gasteiger partial charge in [-0.05, 0) is 30.3 Å². The summed E-state index contributed by atoms with van der Waals surface area (Å²) in [5, 5.41) is 5.82. The smallest absolute Gasteiger partial charge is 0.134 e. The molecule has 0 aliphatic rings. The fourth-order valence-electron chi connectivity index (χ4n) is 1.81. The van der Waals surface area contributed by atoms with E-state index in [-0.39, 0.29) is 0 Å². The number of hydrogen-bond donors (Lipinski definition) is 1. The molecule has 0 atom stereocenters. The predicted molar refractivity (Wildman–Crippen MR) is 78.9 cm³/mol. The molecule has 2 aromatic carbocycles. The molecule has 0 aliphatic carbocycles. The molecule has 0 radical (unpaired) electrons. The van der Waals surface area contributed by atoms with Gasteiger partial charge in [-0.3, -0.25) is 5.43 Å². The monoisotopic (exact) mass is 270 g/mol. The average molecular weight is 271 g/mol. The van der Waals surface area contributed by atoms with Crippen molar-refractivity contribution in [3.8, 4) is 0 Å². The third-order valence-corrected chi connectivity index (χ3v) is 2.97. The van der Waals surface area contributed by atoms with Gasteiger partial charge < -0.3 is 4.42 Å². The van der Waals surface area contributed by atoms with Crippen LogP contribution in [-0.4, -0.2) is 6.21 Å². The molecule has 0 fully saturated rings. The zero-order valence-corrected chi connectivity index (χ0v) is 10.8. The van der Waals surface area contributed by atoms with Gasteiger partial charge in [0.15, 0.2) is 0 Å². The highest BCUT2D eigenvalue weighted by molar-refractivity contribution is 6.31. The number of hydrazone groups is 1. The minimum absolute atomic E-state index is 0.680. The molecule has 0 bridgehead atoms. The molecule has 0 spiro atoms. The van der Waals surface area contributed by atoms with Gasteiger partial charge in [0.05, 0.1) is 11.9 Å². The molecule has 1 N–H and O–H groups in total. The van der Waals surface area contributed by atoms with E-state index in [1.807, 2.05) is 42.5 Å². The maximum atomic E-state index is 5.98. The predicted octanol–water partition coefficient (Wildman–Crippen LogP) is 4.53. The van der Waals surface area contributed by atoms with E-state index in [9.17, 15) is 0 Å². The SMILES string of the molecule is Clc1ccc2occ(/C=N/Nc3ccccc3)c2c1. The van der Waals surface area contributed by atoms with Crippen LogP contribution in [0.4, 0.5) is 5.69 Å². The molecule has 0 aliphatic heterocycles. The first-order chi connectivity index (χ1) is 9.33. The number of furan rings is 1. The maximum absolute atomic E-state index is 5.98. The Kier molecular flexibility index (Phi) is 3.21. The summed E-state index contributed by atoms with van der Waals surface area (Å²) in [4.78, 5) is 0. The Morgan fingerprint density at radius 3 is 2.79 bits per heavy atom. The number of benzene rings is 2. The van der Waals surface area contributed by atoms with Gasteiger partial charge in [0.25, 0.3) is 0 Å². The summed E-state index contributed by atoms with van der Waals surface area (Å²) in [5.74, 6) is 0. The summed E-state index contributed by atoms with van der Waals surface area (Å²) in [7, 11) is 0. The first-order valence-electron chi connectivity index (χ1n) is 5.84. The third-order valence-electron chi connectivity index (χ3n) is 2.74. The molecular formula is C15H11ClN2O. The Morgan fingerprint density at radius 2 is 1.95 bits per heavy atom. The minimum atomic E-state index is 0.680. The summed E-state index contributed by atoms with van der Waals surface area (Å²) in [6.45, 7) is 0. The van der Waals surface area contributed by atoms with Crippen LogP contribution in [0.3, 0.4) is 0 Å². The van der Waals surface area contributed by atoms with E-state index in [1.165, 1.54) is 0 Å². The summed E-state index contributed by atoms with van der Waals surface area (Å²) in [6, 6.07) is 15.3. The molecule has 0 unspecified atom stereocenters. The van der Waals surface area contributed by atoms with Crippen LogP contribution in [0.5, 0.6) is 0 Å². The Hall–Kier alpha value is -2.26. The Labute approximate surface area is 115 Å². The third kappa shape index (κ3) is 2.61. The number of anilines is 1. The minimum Gasteiger partial charge on any atom is -0.464 e. The Bertz CT molecular complexity index is 719. The highest BCUT2D eigenvalue weighted by atomic mass is 35.5. The zero-order chi connectivity index (χ0) is 13.1. The lowest BCUT2D eigenvalue weighted by atomic mass is 10.2. The number of nitrogens with zero attached hydrogens (tertiary/aromatic N) is 1. The fraction of sp³-hybridized carbons (Fsp3) is 0. The molecule has 19 heavy (non-hydrogen) atoms. The van der Waals surface area contributed by atoms with E-state index < -0.39 is 0 Å². The van der Waals surface area contributed by atoms with Crippen molar-refractivity contribution in [3.63, 3.8) is 0 Å². The molecule has 3 rings (SSSR count). The number of hydrogen-bond acceptors (Lipinski definition) is 3. The van der Waals surface area contributed by atoms with E-state index in [1.54, 1.807) is 18.5 Å². The van der Waals surface area contributed by atoms with Crippen molar-refractivity contribution in [3.05, 3.63) is 65.4 Å². The largest absolute Gasteiger partial charge is 0.464 e. The summed E-state index contributed by atoms with van der Waals surface area (Å²) < 4.78 is 5.43. The highest BCUT2D eigenvalue weighted by Gasteiger charge is 2.03. The van der Waals surface area contributed by atoms with Crippen molar-refractivity contribution in [2.24, 2.45) is 5.10 Å². The van der Waals surface area contributed by atoms with Crippen molar-refractivity contribution in [2.75, 3.05) is 5.43 Å². The van der Waals surface area contributed by atoms with Crippen LogP contribution in [0.15, 0.2) is 64.3 Å². The van der Waals surface area contributed by atoms with Gasteiger partial charge in [-0.15, -0.1) is 0 Å². The van der Waals surface area contributed by atoms with Crippen molar-refractivity contribution in [1.82, 2.24) is 0 Å². The summed E-state index contributed by atoms with van der Waals surface area (Å²) >= 11 is 5.98. The first kappa shape index (κ1) is 11.8. The summed E-state index contributed by atoms with van der Waals surface area (Å²) in [6.07, 6.45) is 3.38. The number of fused-ring (bicyclic) bond motifs is 1. The van der Waals surface area contributed by atoms with E-state index >= 15 is 0 Å². The Morgan fingerprint density at radius 1 is 1.11 bits per heavy atom. The van der Waals surface area contributed by atoms with Gasteiger partial charge in [0.2, 0.25) is 0 Å². The number of nitrogens with one attached hydrogen (secondary N) is 1. The van der Waals surface area contributed by atoms with Crippen molar-refractivity contribution in [1.29, 1.82) is 0 Å². The second-order valence-electron chi connectivity index (χ2n) is 4.07. The van der Waals surface area contributed by atoms with Gasteiger partial charge in [0.1, 0.15) is 11.8 Å². The Balaban J connectivity index is 1.83. The van der Waals surface area contributed by atoms with Crippen molar-refractivity contribution >= 4 is 34.5 Å². The van der Waals surface area contributed by atoms with E-state index in [0.29, 0.717) is 5.02 Å². The van der Waals surface area contributed by atoms with Crippen molar-refractivity contribution < 1.29 is 4.42 Å². The van der Waals surface area contributed by atoms with Gasteiger partial charge in [-0.1, -0.05) is 29.8 Å². The molecule has 3 nitrogen and oxygen atoms in total. The van der Waals surface area contributed by atoms with Crippen LogP contribution in [0.2, 0.25) is 5.02 Å². The van der Waals surface area contributed by atoms with Gasteiger partial charge in [-0.2, -0.15) is 5.10 Å². The molecule has 0 saturated carbocycles. The normalized spacial score (nSPS) is 11.2. The lowest BCUT2D eigenvalue weighted by Gasteiger charge is -1.97. The first-order valence-corrected chi connectivity index (χ1v) is 6.21. The topological polar surface area (TPSA) is 37.5 Å². The van der Waals surface area contributed by atoms with E-state index in [0.717, 1.165) is 22.2 Å². The molecule has 94 valence electrons. The standard InChI is InChI=1S/C15H11ClN2O/c16-12-6-7-15-14(8-12)11(10-19-15)9-17-18-13-4-2-1-3-5-13/h1-10,18H/b17-9+. The van der Waals surface area contributed by atoms with Gasteiger partial charge >= 0.3 is 0 Å². The second-order valence-corrected chi connectivity index (χ2v) is 4.50. The van der Waals surface area contributed by atoms with Crippen LogP contribution in [-0.2, 0) is 0 Å². The number of para-hydroxylation sites is 1. The molecular weight excluding hydrogens is 260 g/mol. The molecule has 0 saturated heterocycles. The van der Waals surface area contributed by atoms with Crippen LogP contribution < -0.4 is 5.43 Å². The zero-order valence-electron chi connectivity index (χ0n) is 10.0. The van der Waals surface area contributed by atoms with E-state index in [2.05, 4.69) is 10.5 Å². The second kappa shape index (κ2) is 5.16. The maximum Gasteiger partial charge on any atom is 0.134 e. The molecule has 1 aromatic heterocycles. The lowest BCUT2D eigenvalue weighted by Crippen LogP contribution is -1.89. The van der Waals surface area contributed by atoms with Crippen LogP contribution in [0.25, 0.3) is 11.0 Å². The molecule has 1 heterocycles. The number of halogens is 1. The number of rotatable bonds is 3. The van der Waals surface area contributed by atoms with Gasteiger partial charge in [0, 0.05) is 16.0 Å².